The quantitative estimate of drug-likeness (QED) is 0.856. The van der Waals surface area contributed by atoms with Crippen molar-refractivity contribution in [2.75, 3.05) is 0 Å². The molecular formula is C18H20O4. The SMILES string of the molecule is CC(C)c1ccccc1OCc1ccccc1C(O)C(=O)O. The topological polar surface area (TPSA) is 66.8 Å². The number of benzene rings is 2. The third-order valence-corrected chi connectivity index (χ3v) is 3.51. The van der Waals surface area contributed by atoms with E-state index in [1.807, 2.05) is 24.3 Å². The number of aliphatic hydroxyl groups is 1. The summed E-state index contributed by atoms with van der Waals surface area (Å²) in [7, 11) is 0. The van der Waals surface area contributed by atoms with E-state index in [-0.39, 0.29) is 6.61 Å². The molecule has 0 spiro atoms. The second-order valence-electron chi connectivity index (χ2n) is 5.42. The van der Waals surface area contributed by atoms with Crippen molar-refractivity contribution >= 4 is 5.97 Å². The summed E-state index contributed by atoms with van der Waals surface area (Å²) in [6.45, 7) is 4.39. The smallest absolute Gasteiger partial charge is 0.337 e. The van der Waals surface area contributed by atoms with Crippen LogP contribution in [0.2, 0.25) is 0 Å². The van der Waals surface area contributed by atoms with Crippen molar-refractivity contribution in [3.05, 3.63) is 65.2 Å². The number of hydrogen-bond acceptors (Lipinski definition) is 3. The lowest BCUT2D eigenvalue weighted by molar-refractivity contribution is -0.147. The number of ether oxygens (including phenoxy) is 1. The lowest BCUT2D eigenvalue weighted by Gasteiger charge is -2.16. The average molecular weight is 300 g/mol. The van der Waals surface area contributed by atoms with Crippen molar-refractivity contribution in [3.63, 3.8) is 0 Å². The predicted octanol–water partition coefficient (Wildman–Crippen LogP) is 3.51. The van der Waals surface area contributed by atoms with E-state index in [9.17, 15) is 9.90 Å². The van der Waals surface area contributed by atoms with Gasteiger partial charge in [0.25, 0.3) is 0 Å². The Bertz CT molecular complexity index is 649. The van der Waals surface area contributed by atoms with Gasteiger partial charge in [0.2, 0.25) is 0 Å². The van der Waals surface area contributed by atoms with Gasteiger partial charge >= 0.3 is 5.97 Å². The molecule has 0 bridgehead atoms. The lowest BCUT2D eigenvalue weighted by Crippen LogP contribution is -2.13. The zero-order valence-electron chi connectivity index (χ0n) is 12.7. The van der Waals surface area contributed by atoms with E-state index in [0.717, 1.165) is 11.3 Å². The van der Waals surface area contributed by atoms with E-state index in [1.165, 1.54) is 0 Å². The molecule has 2 N–H and O–H groups in total. The zero-order valence-corrected chi connectivity index (χ0v) is 12.7. The van der Waals surface area contributed by atoms with Crippen molar-refractivity contribution in [2.45, 2.75) is 32.5 Å². The average Bonchev–Trinajstić information content (AvgIpc) is 2.52. The Morgan fingerprint density at radius 2 is 1.64 bits per heavy atom. The Labute approximate surface area is 130 Å². The molecule has 0 radical (unpaired) electrons. The summed E-state index contributed by atoms with van der Waals surface area (Å²) in [4.78, 5) is 11.0. The number of para-hydroxylation sites is 1. The fraction of sp³-hybridized carbons (Fsp3) is 0.278. The molecule has 4 nitrogen and oxygen atoms in total. The van der Waals surface area contributed by atoms with Crippen molar-refractivity contribution in [2.24, 2.45) is 0 Å². The van der Waals surface area contributed by atoms with Gasteiger partial charge < -0.3 is 14.9 Å². The van der Waals surface area contributed by atoms with Gasteiger partial charge in [-0.3, -0.25) is 0 Å². The molecule has 0 aromatic heterocycles. The van der Waals surface area contributed by atoms with Gasteiger partial charge in [-0.05, 0) is 28.7 Å². The molecule has 2 aromatic rings. The van der Waals surface area contributed by atoms with E-state index in [2.05, 4.69) is 13.8 Å². The molecule has 116 valence electrons. The van der Waals surface area contributed by atoms with Gasteiger partial charge in [0.1, 0.15) is 12.4 Å². The first-order valence-electron chi connectivity index (χ1n) is 7.21. The number of carbonyl (C=O) groups is 1. The molecule has 0 amide bonds. The molecule has 0 aliphatic carbocycles. The number of carboxylic acid groups (broad SMARTS) is 1. The number of carboxylic acids is 1. The predicted molar refractivity (Wildman–Crippen MR) is 83.9 cm³/mol. The Morgan fingerprint density at radius 3 is 2.27 bits per heavy atom. The molecule has 0 saturated carbocycles. The molecule has 22 heavy (non-hydrogen) atoms. The van der Waals surface area contributed by atoms with E-state index in [1.54, 1.807) is 24.3 Å². The largest absolute Gasteiger partial charge is 0.489 e. The summed E-state index contributed by atoms with van der Waals surface area (Å²) in [6, 6.07) is 14.6. The highest BCUT2D eigenvalue weighted by molar-refractivity contribution is 5.74. The molecule has 0 aliphatic heterocycles. The third kappa shape index (κ3) is 3.65. The van der Waals surface area contributed by atoms with Crippen LogP contribution in [0.5, 0.6) is 5.75 Å². The number of rotatable bonds is 6. The summed E-state index contributed by atoms with van der Waals surface area (Å²) in [6.07, 6.45) is -1.54. The van der Waals surface area contributed by atoms with E-state index < -0.39 is 12.1 Å². The molecule has 0 fully saturated rings. The first-order valence-corrected chi connectivity index (χ1v) is 7.21. The van der Waals surface area contributed by atoms with Crippen LogP contribution in [-0.4, -0.2) is 16.2 Å². The second-order valence-corrected chi connectivity index (χ2v) is 5.42. The van der Waals surface area contributed by atoms with Gasteiger partial charge in [-0.25, -0.2) is 4.79 Å². The van der Waals surface area contributed by atoms with Crippen LogP contribution in [-0.2, 0) is 11.4 Å². The Balaban J connectivity index is 2.21. The second kappa shape index (κ2) is 7.09. The van der Waals surface area contributed by atoms with Crippen molar-refractivity contribution < 1.29 is 19.7 Å². The first-order chi connectivity index (χ1) is 10.5. The lowest BCUT2D eigenvalue weighted by atomic mass is 10.0. The molecule has 0 saturated heterocycles. The molecule has 2 aromatic carbocycles. The van der Waals surface area contributed by atoms with Crippen LogP contribution in [0.25, 0.3) is 0 Å². The zero-order chi connectivity index (χ0) is 16.1. The van der Waals surface area contributed by atoms with Crippen LogP contribution < -0.4 is 4.74 Å². The standard InChI is InChI=1S/C18H20O4/c1-12(2)14-8-5-6-10-16(14)22-11-13-7-3-4-9-15(13)17(19)18(20)21/h3-10,12,17,19H,11H2,1-2H3,(H,20,21). The minimum Gasteiger partial charge on any atom is -0.489 e. The minimum atomic E-state index is -1.54. The monoisotopic (exact) mass is 300 g/mol. The molecule has 1 atom stereocenters. The van der Waals surface area contributed by atoms with E-state index in [4.69, 9.17) is 9.84 Å². The van der Waals surface area contributed by atoms with Gasteiger partial charge in [0.15, 0.2) is 6.10 Å². The van der Waals surface area contributed by atoms with Crippen LogP contribution >= 0.6 is 0 Å². The van der Waals surface area contributed by atoms with E-state index in [0.29, 0.717) is 17.0 Å². The summed E-state index contributed by atoms with van der Waals surface area (Å²) in [5.41, 5.74) is 2.12. The normalized spacial score (nSPS) is 12.2. The van der Waals surface area contributed by atoms with Crippen molar-refractivity contribution in [3.8, 4) is 5.75 Å². The highest BCUT2D eigenvalue weighted by atomic mass is 16.5. The number of aliphatic hydroxyl groups excluding tert-OH is 1. The molecular weight excluding hydrogens is 280 g/mol. The summed E-state index contributed by atoms with van der Waals surface area (Å²) in [5.74, 6) is -0.164. The van der Waals surface area contributed by atoms with Crippen LogP contribution in [0.15, 0.2) is 48.5 Å². The minimum absolute atomic E-state index is 0.213. The molecule has 0 aliphatic rings. The van der Waals surface area contributed by atoms with Crippen molar-refractivity contribution in [1.29, 1.82) is 0 Å². The highest BCUT2D eigenvalue weighted by Crippen LogP contribution is 2.27. The van der Waals surface area contributed by atoms with Gasteiger partial charge in [0, 0.05) is 0 Å². The van der Waals surface area contributed by atoms with E-state index >= 15 is 0 Å². The maximum atomic E-state index is 11.0. The molecule has 0 heterocycles. The third-order valence-electron chi connectivity index (χ3n) is 3.51. The molecule has 2 rings (SSSR count). The van der Waals surface area contributed by atoms with Gasteiger partial charge in [-0.2, -0.15) is 0 Å². The molecule has 4 heteroatoms. The fourth-order valence-corrected chi connectivity index (χ4v) is 2.31. The van der Waals surface area contributed by atoms with Crippen molar-refractivity contribution in [1.82, 2.24) is 0 Å². The van der Waals surface area contributed by atoms with Gasteiger partial charge in [-0.1, -0.05) is 56.3 Å². The van der Waals surface area contributed by atoms with Crippen LogP contribution in [0.3, 0.4) is 0 Å². The maximum Gasteiger partial charge on any atom is 0.337 e. The van der Waals surface area contributed by atoms with Gasteiger partial charge in [0.05, 0.1) is 0 Å². The van der Waals surface area contributed by atoms with Gasteiger partial charge in [-0.15, -0.1) is 0 Å². The molecule has 1 unspecified atom stereocenters. The van der Waals surface area contributed by atoms with Crippen LogP contribution in [0, 0.1) is 0 Å². The summed E-state index contributed by atoms with van der Waals surface area (Å²) in [5, 5.41) is 18.7. The first kappa shape index (κ1) is 16.0. The van der Waals surface area contributed by atoms with Crippen LogP contribution in [0.1, 0.15) is 42.6 Å². The Hall–Kier alpha value is -2.33. The maximum absolute atomic E-state index is 11.0. The summed E-state index contributed by atoms with van der Waals surface area (Å²) < 4.78 is 5.85. The number of hydrogen-bond donors (Lipinski definition) is 2. The summed E-state index contributed by atoms with van der Waals surface area (Å²) >= 11 is 0. The fourth-order valence-electron chi connectivity index (χ4n) is 2.31. The Morgan fingerprint density at radius 1 is 1.05 bits per heavy atom. The number of aliphatic carboxylic acids is 1. The Kier molecular flexibility index (Phi) is 5.17. The highest BCUT2D eigenvalue weighted by Gasteiger charge is 2.19. The van der Waals surface area contributed by atoms with Crippen LogP contribution in [0.4, 0.5) is 0 Å².